The van der Waals surface area contributed by atoms with E-state index in [1.165, 1.54) is 0 Å². The SMILES string of the molecule is CC(C)(C)N.Cc1ccccc1OCCC1(C(=O)O)CCN(Cc2ccc(-c3noc(-c4ccc(CC(C)C)c(Cl)c4)n3)cc2)CC1. The van der Waals surface area contributed by atoms with E-state index in [9.17, 15) is 9.90 Å². The van der Waals surface area contributed by atoms with Crippen LogP contribution in [0.25, 0.3) is 22.8 Å². The van der Waals surface area contributed by atoms with Gasteiger partial charge in [-0.1, -0.05) is 79.1 Å². The quantitative estimate of drug-likeness (QED) is 0.165. The second-order valence-corrected chi connectivity index (χ2v) is 14.5. The lowest BCUT2D eigenvalue weighted by molar-refractivity contribution is -0.153. The van der Waals surface area contributed by atoms with Crippen molar-refractivity contribution in [3.05, 3.63) is 88.4 Å². The number of aromatic nitrogens is 2. The van der Waals surface area contributed by atoms with Crippen LogP contribution in [-0.4, -0.2) is 51.4 Å². The highest BCUT2D eigenvalue weighted by Gasteiger charge is 2.41. The Morgan fingerprint density at radius 2 is 1.70 bits per heavy atom. The topological polar surface area (TPSA) is 115 Å². The van der Waals surface area contributed by atoms with Crippen LogP contribution in [0, 0.1) is 18.3 Å². The predicted octanol–water partition coefficient (Wildman–Crippen LogP) is 8.44. The fourth-order valence-corrected chi connectivity index (χ4v) is 5.80. The highest BCUT2D eigenvalue weighted by molar-refractivity contribution is 6.31. The van der Waals surface area contributed by atoms with Crippen molar-refractivity contribution in [2.75, 3.05) is 19.7 Å². The van der Waals surface area contributed by atoms with Crippen molar-refractivity contribution < 1.29 is 19.2 Å². The first-order valence-electron chi connectivity index (χ1n) is 16.4. The van der Waals surface area contributed by atoms with E-state index in [0.29, 0.717) is 48.5 Å². The summed E-state index contributed by atoms with van der Waals surface area (Å²) in [4.78, 5) is 19.2. The van der Waals surface area contributed by atoms with Crippen LogP contribution >= 0.6 is 11.6 Å². The minimum atomic E-state index is -0.752. The summed E-state index contributed by atoms with van der Waals surface area (Å²) >= 11 is 6.50. The van der Waals surface area contributed by atoms with Crippen molar-refractivity contribution in [2.24, 2.45) is 17.1 Å². The van der Waals surface area contributed by atoms with Crippen LogP contribution in [0.4, 0.5) is 0 Å². The molecule has 8 nitrogen and oxygen atoms in total. The van der Waals surface area contributed by atoms with E-state index in [2.05, 4.69) is 41.0 Å². The molecule has 1 aliphatic rings. The molecule has 0 spiro atoms. The lowest BCUT2D eigenvalue weighted by Gasteiger charge is -2.39. The summed E-state index contributed by atoms with van der Waals surface area (Å²) in [6.45, 7) is 14.8. The maximum atomic E-state index is 12.3. The molecular formula is C38H49ClN4O4. The number of piperidine rings is 1. The molecule has 9 heteroatoms. The summed E-state index contributed by atoms with van der Waals surface area (Å²) < 4.78 is 11.5. The normalized spacial score (nSPS) is 14.8. The molecule has 3 aromatic carbocycles. The molecule has 0 aliphatic carbocycles. The molecule has 0 saturated carbocycles. The Labute approximate surface area is 284 Å². The summed E-state index contributed by atoms with van der Waals surface area (Å²) in [5.74, 6) is 1.57. The Hall–Kier alpha value is -3.72. The molecule has 1 aliphatic heterocycles. The Kier molecular flexibility index (Phi) is 12.2. The molecule has 4 aromatic rings. The first-order chi connectivity index (χ1) is 22.2. The van der Waals surface area contributed by atoms with Crippen LogP contribution in [0.1, 0.15) is 70.6 Å². The monoisotopic (exact) mass is 660 g/mol. The van der Waals surface area contributed by atoms with Gasteiger partial charge in [0.15, 0.2) is 0 Å². The van der Waals surface area contributed by atoms with E-state index in [0.717, 1.165) is 59.6 Å². The lowest BCUT2D eigenvalue weighted by atomic mass is 9.76. The molecule has 1 fully saturated rings. The largest absolute Gasteiger partial charge is 0.493 e. The van der Waals surface area contributed by atoms with Crippen LogP contribution in [0.5, 0.6) is 5.75 Å². The number of nitrogens with zero attached hydrogens (tertiary/aromatic N) is 3. The second-order valence-electron chi connectivity index (χ2n) is 14.1. The second kappa shape index (κ2) is 15.9. The fraction of sp³-hybridized carbons (Fsp3) is 0.447. The standard InChI is InChI=1S/C34H38ClN3O4.C4H11N/c1-23(2)20-27-12-13-28(21-29(27)35)32-36-31(37-42-32)26-10-8-25(9-11-26)22-38-17-14-34(15-18-38,33(39)40)16-19-41-30-7-5-4-6-24(30)3;1-4(2,3)5/h4-13,21,23H,14-20,22H2,1-3H3,(H,39,40);5H2,1-3H3. The average molecular weight is 661 g/mol. The predicted molar refractivity (Wildman–Crippen MR) is 189 cm³/mol. The maximum Gasteiger partial charge on any atom is 0.309 e. The van der Waals surface area contributed by atoms with Gasteiger partial charge in [0, 0.05) is 28.2 Å². The van der Waals surface area contributed by atoms with E-state index in [1.807, 2.05) is 82.3 Å². The molecule has 0 atom stereocenters. The zero-order chi connectivity index (χ0) is 34.2. The molecule has 2 heterocycles. The molecule has 0 radical (unpaired) electrons. The minimum absolute atomic E-state index is 0. The number of aryl methyl sites for hydroxylation is 1. The molecular weight excluding hydrogens is 612 g/mol. The van der Waals surface area contributed by atoms with E-state index >= 15 is 0 Å². The zero-order valence-electron chi connectivity index (χ0n) is 28.6. The van der Waals surface area contributed by atoms with Crippen molar-refractivity contribution in [3.63, 3.8) is 0 Å². The van der Waals surface area contributed by atoms with Crippen molar-refractivity contribution in [1.82, 2.24) is 15.0 Å². The van der Waals surface area contributed by atoms with E-state index in [1.54, 1.807) is 0 Å². The molecule has 0 bridgehead atoms. The number of hydrogen-bond acceptors (Lipinski definition) is 7. The first kappa shape index (κ1) is 36.1. The van der Waals surface area contributed by atoms with Gasteiger partial charge in [-0.25, -0.2) is 0 Å². The summed E-state index contributed by atoms with van der Waals surface area (Å²) in [5.41, 5.74) is 9.59. The molecule has 3 N–H and O–H groups in total. The number of benzene rings is 3. The van der Waals surface area contributed by atoms with E-state index in [4.69, 9.17) is 26.6 Å². The van der Waals surface area contributed by atoms with Crippen LogP contribution in [0.2, 0.25) is 5.02 Å². The van der Waals surface area contributed by atoms with Crippen molar-refractivity contribution in [1.29, 1.82) is 0 Å². The number of para-hydroxylation sites is 1. The Bertz CT molecular complexity index is 1600. The minimum Gasteiger partial charge on any atom is -0.493 e. The fourth-order valence-electron chi connectivity index (χ4n) is 5.55. The molecule has 1 saturated heterocycles. The third-order valence-corrected chi connectivity index (χ3v) is 8.52. The van der Waals surface area contributed by atoms with Gasteiger partial charge in [-0.15, -0.1) is 0 Å². The van der Waals surface area contributed by atoms with Gasteiger partial charge in [-0.3, -0.25) is 9.69 Å². The van der Waals surface area contributed by atoms with Gasteiger partial charge < -0.3 is 20.1 Å². The van der Waals surface area contributed by atoms with Gasteiger partial charge in [0.1, 0.15) is 5.75 Å². The molecule has 0 amide bonds. The van der Waals surface area contributed by atoms with Crippen LogP contribution in [0.15, 0.2) is 71.3 Å². The average Bonchev–Trinajstić information content (AvgIpc) is 3.50. The number of rotatable bonds is 11. The Balaban J connectivity index is 0.000000930. The molecule has 252 valence electrons. The van der Waals surface area contributed by atoms with Crippen LogP contribution in [0.3, 0.4) is 0 Å². The number of carboxylic acid groups (broad SMARTS) is 1. The summed E-state index contributed by atoms with van der Waals surface area (Å²) in [6, 6.07) is 21.8. The van der Waals surface area contributed by atoms with Gasteiger partial charge in [0.2, 0.25) is 5.82 Å². The molecule has 1 aromatic heterocycles. The van der Waals surface area contributed by atoms with E-state index < -0.39 is 11.4 Å². The van der Waals surface area contributed by atoms with Crippen molar-refractivity contribution in [2.45, 2.75) is 79.3 Å². The number of likely N-dealkylation sites (tertiary alicyclic amines) is 1. The number of nitrogens with two attached hydrogens (primary N) is 1. The third kappa shape index (κ3) is 10.6. The smallest absolute Gasteiger partial charge is 0.309 e. The summed E-state index contributed by atoms with van der Waals surface area (Å²) in [5, 5.41) is 15.0. The number of carbonyl (C=O) groups is 1. The van der Waals surface area contributed by atoms with Gasteiger partial charge in [0.25, 0.3) is 5.89 Å². The first-order valence-corrected chi connectivity index (χ1v) is 16.7. The van der Waals surface area contributed by atoms with Gasteiger partial charge in [-0.05, 0) is 107 Å². The van der Waals surface area contributed by atoms with Crippen LogP contribution < -0.4 is 10.5 Å². The summed E-state index contributed by atoms with van der Waals surface area (Å²) in [7, 11) is 0. The number of ether oxygens (including phenoxy) is 1. The highest BCUT2D eigenvalue weighted by atomic mass is 35.5. The number of hydrogen-bond donors (Lipinski definition) is 2. The molecule has 5 rings (SSSR count). The van der Waals surface area contributed by atoms with Crippen LogP contribution in [-0.2, 0) is 17.8 Å². The lowest BCUT2D eigenvalue weighted by Crippen LogP contribution is -2.44. The van der Waals surface area contributed by atoms with Gasteiger partial charge >= 0.3 is 5.97 Å². The zero-order valence-corrected chi connectivity index (χ0v) is 29.3. The number of halogens is 1. The number of aliphatic carboxylic acids is 1. The number of carboxylic acids is 1. The molecule has 0 unspecified atom stereocenters. The maximum absolute atomic E-state index is 12.3. The van der Waals surface area contributed by atoms with Gasteiger partial charge in [0.05, 0.1) is 12.0 Å². The highest BCUT2D eigenvalue weighted by Crippen LogP contribution is 2.36. The Morgan fingerprint density at radius 3 is 2.30 bits per heavy atom. The molecule has 47 heavy (non-hydrogen) atoms. The Morgan fingerprint density at radius 1 is 1.06 bits per heavy atom. The van der Waals surface area contributed by atoms with Crippen molar-refractivity contribution in [3.8, 4) is 28.6 Å². The van der Waals surface area contributed by atoms with E-state index in [-0.39, 0.29) is 5.54 Å². The summed E-state index contributed by atoms with van der Waals surface area (Å²) in [6.07, 6.45) is 2.62. The van der Waals surface area contributed by atoms with Gasteiger partial charge in [-0.2, -0.15) is 4.98 Å². The third-order valence-electron chi connectivity index (χ3n) is 8.17. The van der Waals surface area contributed by atoms with Crippen molar-refractivity contribution >= 4 is 17.6 Å².